The van der Waals surface area contributed by atoms with Crippen molar-refractivity contribution in [2.24, 2.45) is 5.92 Å². The number of carbonyl (C=O) groups excluding carboxylic acids is 2. The molecule has 0 saturated heterocycles. The molecule has 9 nitrogen and oxygen atoms in total. The first-order valence-electron chi connectivity index (χ1n) is 12.1. The molecule has 0 spiro atoms. The van der Waals surface area contributed by atoms with E-state index in [2.05, 4.69) is 10.4 Å². The largest absolute Gasteiger partial charge is 0.494 e. The topological polar surface area (TPSA) is 108 Å². The molecule has 1 aliphatic carbocycles. The number of halogens is 1. The number of nitrogens with one attached hydrogen (secondary N) is 1. The second-order valence-corrected chi connectivity index (χ2v) is 9.32. The van der Waals surface area contributed by atoms with E-state index in [1.807, 2.05) is 13.8 Å². The number of ether oxygens (including phenoxy) is 2. The van der Waals surface area contributed by atoms with E-state index in [1.54, 1.807) is 37.4 Å². The summed E-state index contributed by atoms with van der Waals surface area (Å²) in [6.45, 7) is 5.84. The molecule has 36 heavy (non-hydrogen) atoms. The van der Waals surface area contributed by atoms with Crippen molar-refractivity contribution in [1.82, 2.24) is 14.3 Å². The van der Waals surface area contributed by atoms with Gasteiger partial charge in [-0.05, 0) is 49.7 Å². The van der Waals surface area contributed by atoms with Crippen LogP contribution in [0, 0.1) is 11.7 Å². The standard InChI is InChI=1S/C26H31FN4O5/c1-4-35-24(33)15-30-11-10-22(29-30)28-26(34)20(12-16(2)3)31-14-18(13-23(31)32)36-21-7-5-6-19(25(21)27)17-8-9-17/h5-7,10-11,13-14,16-17,20,32H,4,8-9,12,15H2,1-3H3,(H,28,29,34)/t20-/m0/s1. The van der Waals surface area contributed by atoms with E-state index >= 15 is 0 Å². The van der Waals surface area contributed by atoms with E-state index in [4.69, 9.17) is 9.47 Å². The Morgan fingerprint density at radius 1 is 1.28 bits per heavy atom. The predicted octanol–water partition coefficient (Wildman–Crippen LogP) is 4.99. The van der Waals surface area contributed by atoms with Crippen molar-refractivity contribution >= 4 is 17.7 Å². The molecule has 10 heteroatoms. The smallest absolute Gasteiger partial charge is 0.327 e. The van der Waals surface area contributed by atoms with Gasteiger partial charge < -0.3 is 24.5 Å². The number of aromatic hydroxyl groups is 1. The number of amides is 1. The fourth-order valence-electron chi connectivity index (χ4n) is 4.05. The van der Waals surface area contributed by atoms with Crippen LogP contribution < -0.4 is 10.1 Å². The normalized spacial score (nSPS) is 14.0. The number of aromatic nitrogens is 3. The van der Waals surface area contributed by atoms with Gasteiger partial charge in [-0.15, -0.1) is 0 Å². The van der Waals surface area contributed by atoms with Crippen LogP contribution in [-0.2, 0) is 20.9 Å². The average Bonchev–Trinajstić information content (AvgIpc) is 3.47. The van der Waals surface area contributed by atoms with E-state index in [9.17, 15) is 19.1 Å². The number of hydrogen-bond acceptors (Lipinski definition) is 6. The summed E-state index contributed by atoms with van der Waals surface area (Å²) in [7, 11) is 0. The van der Waals surface area contributed by atoms with E-state index in [1.165, 1.54) is 21.5 Å². The fourth-order valence-corrected chi connectivity index (χ4v) is 4.05. The Bertz CT molecular complexity index is 1230. The monoisotopic (exact) mass is 498 g/mol. The number of carbonyl (C=O) groups is 2. The minimum Gasteiger partial charge on any atom is -0.494 e. The molecule has 1 atom stereocenters. The number of hydrogen-bond donors (Lipinski definition) is 2. The zero-order chi connectivity index (χ0) is 25.8. The first kappa shape index (κ1) is 25.3. The van der Waals surface area contributed by atoms with Crippen LogP contribution in [0.3, 0.4) is 0 Å². The van der Waals surface area contributed by atoms with E-state index in [0.29, 0.717) is 12.0 Å². The minimum absolute atomic E-state index is 0.0727. The molecular formula is C26H31FN4O5. The summed E-state index contributed by atoms with van der Waals surface area (Å²) in [5.74, 6) is -0.496. The molecule has 2 heterocycles. The van der Waals surface area contributed by atoms with Gasteiger partial charge in [0.25, 0.3) is 0 Å². The number of benzene rings is 1. The van der Waals surface area contributed by atoms with Gasteiger partial charge in [-0.3, -0.25) is 14.3 Å². The molecule has 1 fully saturated rings. The van der Waals surface area contributed by atoms with Crippen molar-refractivity contribution < 1.29 is 28.6 Å². The molecule has 4 rings (SSSR count). The third kappa shape index (κ3) is 6.05. The second kappa shape index (κ2) is 10.8. The van der Waals surface area contributed by atoms with Crippen molar-refractivity contribution in [2.45, 2.75) is 58.5 Å². The molecule has 2 aromatic heterocycles. The van der Waals surface area contributed by atoms with Crippen molar-refractivity contribution in [3.63, 3.8) is 0 Å². The Labute approximate surface area is 208 Å². The minimum atomic E-state index is -0.778. The summed E-state index contributed by atoms with van der Waals surface area (Å²) < 4.78 is 28.3. The SMILES string of the molecule is CCOC(=O)Cn1ccc(NC(=O)[C@H](CC(C)C)n2cc(Oc3cccc(C4CC4)c3F)cc2O)n1. The summed E-state index contributed by atoms with van der Waals surface area (Å²) >= 11 is 0. The third-order valence-corrected chi connectivity index (χ3v) is 5.86. The Kier molecular flexibility index (Phi) is 7.61. The van der Waals surface area contributed by atoms with Gasteiger partial charge in [0.1, 0.15) is 18.3 Å². The lowest BCUT2D eigenvalue weighted by atomic mass is 10.0. The third-order valence-electron chi connectivity index (χ3n) is 5.86. The van der Waals surface area contributed by atoms with Crippen molar-refractivity contribution in [3.8, 4) is 17.4 Å². The Morgan fingerprint density at radius 2 is 2.06 bits per heavy atom. The first-order valence-corrected chi connectivity index (χ1v) is 12.1. The van der Waals surface area contributed by atoms with Gasteiger partial charge in [0.15, 0.2) is 23.3 Å². The molecule has 0 radical (unpaired) electrons. The average molecular weight is 499 g/mol. The van der Waals surface area contributed by atoms with Crippen molar-refractivity contribution in [2.75, 3.05) is 11.9 Å². The van der Waals surface area contributed by atoms with Crippen LogP contribution in [0.15, 0.2) is 42.7 Å². The van der Waals surface area contributed by atoms with E-state index in [-0.39, 0.29) is 48.2 Å². The van der Waals surface area contributed by atoms with Crippen molar-refractivity contribution in [1.29, 1.82) is 0 Å². The van der Waals surface area contributed by atoms with Crippen LogP contribution >= 0.6 is 0 Å². The lowest BCUT2D eigenvalue weighted by molar-refractivity contribution is -0.144. The van der Waals surface area contributed by atoms with Gasteiger partial charge in [-0.1, -0.05) is 26.0 Å². The maximum absolute atomic E-state index is 14.9. The lowest BCUT2D eigenvalue weighted by Gasteiger charge is -2.20. The summed E-state index contributed by atoms with van der Waals surface area (Å²) in [5.41, 5.74) is 0.635. The fraction of sp³-hybridized carbons (Fsp3) is 0.423. The van der Waals surface area contributed by atoms with Crippen LogP contribution in [0.2, 0.25) is 0 Å². The Balaban J connectivity index is 1.50. The zero-order valence-electron chi connectivity index (χ0n) is 20.6. The predicted molar refractivity (Wildman–Crippen MR) is 131 cm³/mol. The molecule has 3 aromatic rings. The van der Waals surface area contributed by atoms with E-state index in [0.717, 1.165) is 12.8 Å². The lowest BCUT2D eigenvalue weighted by Crippen LogP contribution is -2.27. The van der Waals surface area contributed by atoms with Gasteiger partial charge in [0.2, 0.25) is 5.91 Å². The summed E-state index contributed by atoms with van der Waals surface area (Å²) in [6, 6.07) is 7.21. The van der Waals surface area contributed by atoms with Crippen LogP contribution in [-0.4, -0.2) is 37.9 Å². The zero-order valence-corrected chi connectivity index (χ0v) is 20.6. The van der Waals surface area contributed by atoms with Gasteiger partial charge in [0, 0.05) is 18.3 Å². The van der Waals surface area contributed by atoms with Crippen LogP contribution in [0.25, 0.3) is 0 Å². The molecule has 2 N–H and O–H groups in total. The molecular weight excluding hydrogens is 467 g/mol. The highest BCUT2D eigenvalue weighted by Gasteiger charge is 2.29. The van der Waals surface area contributed by atoms with Gasteiger partial charge in [-0.25, -0.2) is 4.39 Å². The van der Waals surface area contributed by atoms with E-state index < -0.39 is 23.7 Å². The molecule has 1 saturated carbocycles. The number of esters is 1. The maximum Gasteiger partial charge on any atom is 0.327 e. The molecule has 1 amide bonds. The van der Waals surface area contributed by atoms with Gasteiger partial charge in [0.05, 0.1) is 12.8 Å². The number of anilines is 1. The van der Waals surface area contributed by atoms with Gasteiger partial charge >= 0.3 is 5.97 Å². The summed E-state index contributed by atoms with van der Waals surface area (Å²) in [6.07, 6.45) is 5.40. The Hall–Kier alpha value is -3.82. The molecule has 1 aromatic carbocycles. The second-order valence-electron chi connectivity index (χ2n) is 9.32. The van der Waals surface area contributed by atoms with Crippen LogP contribution in [0.4, 0.5) is 10.2 Å². The summed E-state index contributed by atoms with van der Waals surface area (Å²) in [5, 5.41) is 17.6. The van der Waals surface area contributed by atoms with Crippen LogP contribution in [0.5, 0.6) is 17.4 Å². The highest BCUT2D eigenvalue weighted by Crippen LogP contribution is 2.43. The summed E-state index contributed by atoms with van der Waals surface area (Å²) in [4.78, 5) is 24.9. The molecule has 1 aliphatic rings. The number of rotatable bonds is 11. The first-order chi connectivity index (χ1) is 17.2. The molecule has 192 valence electrons. The van der Waals surface area contributed by atoms with Gasteiger partial charge in [-0.2, -0.15) is 5.10 Å². The Morgan fingerprint density at radius 3 is 2.75 bits per heavy atom. The number of nitrogens with zero attached hydrogens (tertiary/aromatic N) is 3. The molecule has 0 unspecified atom stereocenters. The molecule has 0 aliphatic heterocycles. The van der Waals surface area contributed by atoms with Crippen molar-refractivity contribution in [3.05, 3.63) is 54.1 Å². The molecule has 0 bridgehead atoms. The van der Waals surface area contributed by atoms with Crippen LogP contribution in [0.1, 0.15) is 57.6 Å². The maximum atomic E-state index is 14.9. The highest BCUT2D eigenvalue weighted by molar-refractivity contribution is 5.93. The highest BCUT2D eigenvalue weighted by atomic mass is 19.1. The quantitative estimate of drug-likeness (QED) is 0.361.